The summed E-state index contributed by atoms with van der Waals surface area (Å²) < 4.78 is 5.33. The Hall–Kier alpha value is -1.88. The van der Waals surface area contributed by atoms with E-state index in [1.54, 1.807) is 7.11 Å². The second-order valence-electron chi connectivity index (χ2n) is 3.73. The Labute approximate surface area is 100 Å². The minimum atomic E-state index is 0.105. The lowest BCUT2D eigenvalue weighted by molar-refractivity contribution is 0.406. The number of benzene rings is 1. The van der Waals surface area contributed by atoms with Gasteiger partial charge in [0.1, 0.15) is 17.9 Å². The third-order valence-electron chi connectivity index (χ3n) is 2.73. The Morgan fingerprint density at radius 1 is 1.41 bits per heavy atom. The largest absolute Gasteiger partial charge is 0.496 e. The predicted octanol–water partition coefficient (Wildman–Crippen LogP) is 1.32. The van der Waals surface area contributed by atoms with Gasteiger partial charge in [-0.25, -0.2) is 4.98 Å². The van der Waals surface area contributed by atoms with Crippen LogP contribution in [0.3, 0.4) is 0 Å². The second-order valence-corrected chi connectivity index (χ2v) is 3.73. The van der Waals surface area contributed by atoms with E-state index in [4.69, 9.17) is 4.74 Å². The zero-order chi connectivity index (χ0) is 12.1. The number of aromatic amines is 1. The van der Waals surface area contributed by atoms with Crippen LogP contribution in [0.2, 0.25) is 0 Å². The molecule has 0 spiro atoms. The van der Waals surface area contributed by atoms with Crippen molar-refractivity contribution in [2.45, 2.75) is 12.5 Å². The smallest absolute Gasteiger partial charge is 0.141 e. The third-order valence-corrected chi connectivity index (χ3v) is 2.73. The number of aromatic nitrogens is 3. The summed E-state index contributed by atoms with van der Waals surface area (Å²) in [7, 11) is 3.59. The molecule has 1 aromatic heterocycles. The van der Waals surface area contributed by atoms with E-state index in [2.05, 4.69) is 26.6 Å². The molecule has 0 saturated carbocycles. The van der Waals surface area contributed by atoms with Gasteiger partial charge in [0.15, 0.2) is 0 Å². The quantitative estimate of drug-likeness (QED) is 0.816. The Bertz CT molecular complexity index is 455. The topological polar surface area (TPSA) is 62.8 Å². The van der Waals surface area contributed by atoms with Gasteiger partial charge in [-0.3, -0.25) is 5.10 Å². The number of hydrogen-bond donors (Lipinski definition) is 2. The van der Waals surface area contributed by atoms with Gasteiger partial charge in [0.25, 0.3) is 0 Å². The summed E-state index contributed by atoms with van der Waals surface area (Å²) in [5.74, 6) is 1.73. The molecule has 0 aliphatic heterocycles. The summed E-state index contributed by atoms with van der Waals surface area (Å²) in [4.78, 5) is 4.17. The van der Waals surface area contributed by atoms with E-state index < -0.39 is 0 Å². The van der Waals surface area contributed by atoms with Crippen molar-refractivity contribution in [3.05, 3.63) is 42.0 Å². The first-order valence-corrected chi connectivity index (χ1v) is 5.49. The standard InChI is InChI=1S/C12H16N4O/c1-13-10(12-14-8-15-16-12)7-9-5-3-4-6-11(9)17-2/h3-6,8,10,13H,7H2,1-2H3,(H,14,15,16). The second kappa shape index (κ2) is 5.45. The normalized spacial score (nSPS) is 12.4. The number of H-pyrrole nitrogens is 1. The van der Waals surface area contributed by atoms with Gasteiger partial charge >= 0.3 is 0 Å². The van der Waals surface area contributed by atoms with Crippen molar-refractivity contribution in [2.75, 3.05) is 14.2 Å². The highest BCUT2D eigenvalue weighted by molar-refractivity contribution is 5.34. The van der Waals surface area contributed by atoms with Gasteiger partial charge in [-0.05, 0) is 25.1 Å². The zero-order valence-electron chi connectivity index (χ0n) is 9.97. The molecule has 0 amide bonds. The fourth-order valence-corrected chi connectivity index (χ4v) is 1.81. The maximum atomic E-state index is 5.33. The lowest BCUT2D eigenvalue weighted by Gasteiger charge is -2.15. The lowest BCUT2D eigenvalue weighted by atomic mass is 10.0. The van der Waals surface area contributed by atoms with Crippen molar-refractivity contribution in [3.8, 4) is 5.75 Å². The maximum Gasteiger partial charge on any atom is 0.141 e. The van der Waals surface area contributed by atoms with Gasteiger partial charge in [-0.15, -0.1) is 0 Å². The van der Waals surface area contributed by atoms with E-state index in [0.29, 0.717) is 0 Å². The first kappa shape index (κ1) is 11.6. The molecule has 1 heterocycles. The van der Waals surface area contributed by atoms with Crippen LogP contribution in [0.4, 0.5) is 0 Å². The third kappa shape index (κ3) is 2.62. The molecular weight excluding hydrogens is 216 g/mol. The highest BCUT2D eigenvalue weighted by Gasteiger charge is 2.14. The predicted molar refractivity (Wildman–Crippen MR) is 64.9 cm³/mol. The Balaban J connectivity index is 2.18. The molecule has 2 aromatic rings. The van der Waals surface area contributed by atoms with E-state index in [1.807, 2.05) is 25.2 Å². The van der Waals surface area contributed by atoms with Crippen molar-refractivity contribution in [1.82, 2.24) is 20.5 Å². The number of methoxy groups -OCH3 is 1. The van der Waals surface area contributed by atoms with Crippen LogP contribution in [0.15, 0.2) is 30.6 Å². The molecule has 2 rings (SSSR count). The van der Waals surface area contributed by atoms with Gasteiger partial charge in [0.05, 0.1) is 13.2 Å². The van der Waals surface area contributed by atoms with Gasteiger partial charge in [-0.2, -0.15) is 5.10 Å². The minimum absolute atomic E-state index is 0.105. The van der Waals surface area contributed by atoms with Crippen molar-refractivity contribution < 1.29 is 4.74 Å². The van der Waals surface area contributed by atoms with Crippen molar-refractivity contribution in [3.63, 3.8) is 0 Å². The Morgan fingerprint density at radius 3 is 2.88 bits per heavy atom. The molecule has 0 fully saturated rings. The van der Waals surface area contributed by atoms with Crippen molar-refractivity contribution >= 4 is 0 Å². The van der Waals surface area contributed by atoms with Crippen LogP contribution in [0.1, 0.15) is 17.4 Å². The van der Waals surface area contributed by atoms with Crippen molar-refractivity contribution in [1.29, 1.82) is 0 Å². The zero-order valence-corrected chi connectivity index (χ0v) is 9.97. The average Bonchev–Trinajstić information content (AvgIpc) is 2.90. The summed E-state index contributed by atoms with van der Waals surface area (Å²) in [6.07, 6.45) is 2.32. The molecule has 17 heavy (non-hydrogen) atoms. The molecule has 1 aromatic carbocycles. The first-order valence-electron chi connectivity index (χ1n) is 5.49. The molecule has 0 bridgehead atoms. The van der Waals surface area contributed by atoms with Crippen LogP contribution >= 0.6 is 0 Å². The molecule has 5 heteroatoms. The molecule has 0 aliphatic carbocycles. The minimum Gasteiger partial charge on any atom is -0.496 e. The molecule has 5 nitrogen and oxygen atoms in total. The Morgan fingerprint density at radius 2 is 2.24 bits per heavy atom. The number of nitrogens with zero attached hydrogens (tertiary/aromatic N) is 2. The highest BCUT2D eigenvalue weighted by Crippen LogP contribution is 2.22. The van der Waals surface area contributed by atoms with Crippen LogP contribution in [-0.4, -0.2) is 29.3 Å². The van der Waals surface area contributed by atoms with Crippen molar-refractivity contribution in [2.24, 2.45) is 0 Å². The summed E-state index contributed by atoms with van der Waals surface area (Å²) in [6, 6.07) is 8.09. The van der Waals surface area contributed by atoms with Gasteiger partial charge in [-0.1, -0.05) is 18.2 Å². The molecule has 0 radical (unpaired) electrons. The van der Waals surface area contributed by atoms with Crippen LogP contribution in [0.25, 0.3) is 0 Å². The number of rotatable bonds is 5. The molecule has 1 atom stereocenters. The SMILES string of the molecule is CNC(Cc1ccccc1OC)c1ncn[nH]1. The van der Waals surface area contributed by atoms with E-state index in [-0.39, 0.29) is 6.04 Å². The average molecular weight is 232 g/mol. The van der Waals surface area contributed by atoms with Gasteiger partial charge in [0.2, 0.25) is 0 Å². The lowest BCUT2D eigenvalue weighted by Crippen LogP contribution is -2.20. The first-order chi connectivity index (χ1) is 8.35. The van der Waals surface area contributed by atoms with E-state index in [0.717, 1.165) is 23.6 Å². The molecule has 0 aliphatic rings. The van der Waals surface area contributed by atoms with Crippen LogP contribution in [0, 0.1) is 0 Å². The van der Waals surface area contributed by atoms with Gasteiger partial charge < -0.3 is 10.1 Å². The molecular formula is C12H16N4O. The number of para-hydroxylation sites is 1. The fraction of sp³-hybridized carbons (Fsp3) is 0.333. The van der Waals surface area contributed by atoms with E-state index in [9.17, 15) is 0 Å². The summed E-state index contributed by atoms with van der Waals surface area (Å²) in [6.45, 7) is 0. The molecule has 1 unspecified atom stereocenters. The van der Waals surface area contributed by atoms with Crippen LogP contribution in [-0.2, 0) is 6.42 Å². The summed E-state index contributed by atoms with van der Waals surface area (Å²) in [5, 5.41) is 9.96. The molecule has 90 valence electrons. The summed E-state index contributed by atoms with van der Waals surface area (Å²) in [5.41, 5.74) is 1.14. The summed E-state index contributed by atoms with van der Waals surface area (Å²) >= 11 is 0. The highest BCUT2D eigenvalue weighted by atomic mass is 16.5. The van der Waals surface area contributed by atoms with E-state index >= 15 is 0 Å². The fourth-order valence-electron chi connectivity index (χ4n) is 1.81. The Kier molecular flexibility index (Phi) is 3.72. The van der Waals surface area contributed by atoms with Gasteiger partial charge in [0, 0.05) is 0 Å². The molecule has 0 saturated heterocycles. The number of hydrogen-bond acceptors (Lipinski definition) is 4. The van der Waals surface area contributed by atoms with Crippen LogP contribution < -0.4 is 10.1 Å². The number of nitrogens with one attached hydrogen (secondary N) is 2. The number of ether oxygens (including phenoxy) is 1. The monoisotopic (exact) mass is 232 g/mol. The van der Waals surface area contributed by atoms with Crippen LogP contribution in [0.5, 0.6) is 5.75 Å². The maximum absolute atomic E-state index is 5.33. The number of likely N-dealkylation sites (N-methyl/N-ethyl adjacent to an activating group) is 1. The van der Waals surface area contributed by atoms with E-state index in [1.165, 1.54) is 6.33 Å². The molecule has 2 N–H and O–H groups in total.